The fourth-order valence-electron chi connectivity index (χ4n) is 3.70. The highest BCUT2D eigenvalue weighted by molar-refractivity contribution is 5.80. The lowest BCUT2D eigenvalue weighted by molar-refractivity contribution is 0.355. The normalized spacial score (nSPS) is 10.5. The van der Waals surface area contributed by atoms with Crippen LogP contribution in [0.4, 0.5) is 0 Å². The molecule has 0 atom stereocenters. The van der Waals surface area contributed by atoms with Gasteiger partial charge in [-0.15, -0.1) is 0 Å². The first kappa shape index (κ1) is 21.2. The lowest BCUT2D eigenvalue weighted by atomic mass is 9.99. The van der Waals surface area contributed by atoms with Crippen LogP contribution >= 0.6 is 0 Å². The summed E-state index contributed by atoms with van der Waals surface area (Å²) >= 11 is 0. The third kappa shape index (κ3) is 4.10. The van der Waals surface area contributed by atoms with Gasteiger partial charge in [0.2, 0.25) is 0 Å². The molecule has 0 aliphatic carbocycles. The Morgan fingerprint density at radius 2 is 0.969 bits per heavy atom. The van der Waals surface area contributed by atoms with Crippen LogP contribution in [0.5, 0.6) is 23.0 Å². The van der Waals surface area contributed by atoms with Crippen LogP contribution in [-0.4, -0.2) is 33.4 Å². The van der Waals surface area contributed by atoms with E-state index < -0.39 is 0 Å². The van der Waals surface area contributed by atoms with E-state index in [1.807, 2.05) is 66.7 Å². The molecule has 0 radical (unpaired) electrons. The standard InChI is InChI=1S/C27H25NO4/c1-29-24-11-7-5-9-20(24)22-15-19(18-13-14-26(31-3)27(17-18)32-4)16-23(28-22)21-10-6-8-12-25(21)30-2/h5-17H,1-4H3. The number of benzene rings is 3. The zero-order chi connectivity index (χ0) is 22.5. The Bertz CT molecular complexity index is 1170. The molecular weight excluding hydrogens is 402 g/mol. The number of hydrogen-bond acceptors (Lipinski definition) is 5. The summed E-state index contributed by atoms with van der Waals surface area (Å²) in [6.45, 7) is 0. The minimum absolute atomic E-state index is 0.666. The Kier molecular flexibility index (Phi) is 6.26. The van der Waals surface area contributed by atoms with Crippen LogP contribution in [0, 0.1) is 0 Å². The maximum Gasteiger partial charge on any atom is 0.161 e. The third-order valence-electron chi connectivity index (χ3n) is 5.31. The summed E-state index contributed by atoms with van der Waals surface area (Å²) in [7, 11) is 6.59. The minimum Gasteiger partial charge on any atom is -0.496 e. The predicted octanol–water partition coefficient (Wildman–Crippen LogP) is 6.12. The molecule has 162 valence electrons. The lowest BCUT2D eigenvalue weighted by Gasteiger charge is -2.15. The Morgan fingerprint density at radius 1 is 0.469 bits per heavy atom. The zero-order valence-electron chi connectivity index (χ0n) is 18.6. The molecule has 1 aromatic heterocycles. The smallest absolute Gasteiger partial charge is 0.161 e. The van der Waals surface area contributed by atoms with Crippen molar-refractivity contribution in [2.45, 2.75) is 0 Å². The van der Waals surface area contributed by atoms with E-state index in [-0.39, 0.29) is 0 Å². The summed E-state index contributed by atoms with van der Waals surface area (Å²) < 4.78 is 22.1. The summed E-state index contributed by atoms with van der Waals surface area (Å²) in [6.07, 6.45) is 0. The molecule has 0 unspecified atom stereocenters. The molecule has 0 aliphatic rings. The number of aromatic nitrogens is 1. The second-order valence-electron chi connectivity index (χ2n) is 7.10. The number of para-hydroxylation sites is 2. The van der Waals surface area contributed by atoms with Gasteiger partial charge in [0.15, 0.2) is 11.5 Å². The maximum atomic E-state index is 5.60. The third-order valence-corrected chi connectivity index (χ3v) is 5.31. The second kappa shape index (κ2) is 9.43. The molecule has 0 bridgehead atoms. The van der Waals surface area contributed by atoms with Crippen LogP contribution in [0.3, 0.4) is 0 Å². The maximum absolute atomic E-state index is 5.60. The molecule has 0 N–H and O–H groups in total. The van der Waals surface area contributed by atoms with E-state index in [4.69, 9.17) is 23.9 Å². The quantitative estimate of drug-likeness (QED) is 0.356. The molecule has 0 aliphatic heterocycles. The molecule has 32 heavy (non-hydrogen) atoms. The van der Waals surface area contributed by atoms with Crippen LogP contribution in [0.25, 0.3) is 33.6 Å². The molecule has 5 nitrogen and oxygen atoms in total. The average molecular weight is 428 g/mol. The van der Waals surface area contributed by atoms with Crippen molar-refractivity contribution in [2.24, 2.45) is 0 Å². The molecule has 1 heterocycles. The molecule has 4 rings (SSSR count). The van der Waals surface area contributed by atoms with Gasteiger partial charge in [-0.2, -0.15) is 0 Å². The van der Waals surface area contributed by atoms with E-state index >= 15 is 0 Å². The van der Waals surface area contributed by atoms with Gasteiger partial charge in [0.25, 0.3) is 0 Å². The highest BCUT2D eigenvalue weighted by Crippen LogP contribution is 2.38. The summed E-state index contributed by atoms with van der Waals surface area (Å²) in [6, 6.07) is 25.7. The van der Waals surface area contributed by atoms with E-state index in [2.05, 4.69) is 12.1 Å². The number of pyridine rings is 1. The van der Waals surface area contributed by atoms with Crippen molar-refractivity contribution in [3.63, 3.8) is 0 Å². The van der Waals surface area contributed by atoms with Gasteiger partial charge >= 0.3 is 0 Å². The van der Waals surface area contributed by atoms with Crippen LogP contribution in [0.2, 0.25) is 0 Å². The lowest BCUT2D eigenvalue weighted by Crippen LogP contribution is -1.96. The molecular formula is C27H25NO4. The van der Waals surface area contributed by atoms with Crippen molar-refractivity contribution in [3.8, 4) is 56.6 Å². The number of nitrogens with zero attached hydrogens (tertiary/aromatic N) is 1. The van der Waals surface area contributed by atoms with E-state index in [1.54, 1.807) is 28.4 Å². The fraction of sp³-hybridized carbons (Fsp3) is 0.148. The molecule has 0 saturated carbocycles. The highest BCUT2D eigenvalue weighted by atomic mass is 16.5. The molecule has 0 spiro atoms. The largest absolute Gasteiger partial charge is 0.496 e. The first-order chi connectivity index (χ1) is 15.7. The first-order valence-electron chi connectivity index (χ1n) is 10.2. The summed E-state index contributed by atoms with van der Waals surface area (Å²) in [5.74, 6) is 2.87. The topological polar surface area (TPSA) is 49.8 Å². The Hall–Kier alpha value is -3.99. The van der Waals surface area contributed by atoms with Crippen molar-refractivity contribution in [2.75, 3.05) is 28.4 Å². The van der Waals surface area contributed by atoms with E-state index in [9.17, 15) is 0 Å². The van der Waals surface area contributed by atoms with Crippen molar-refractivity contribution in [1.29, 1.82) is 0 Å². The number of rotatable bonds is 7. The van der Waals surface area contributed by atoms with Crippen LogP contribution in [-0.2, 0) is 0 Å². The number of methoxy groups -OCH3 is 4. The number of hydrogen-bond donors (Lipinski definition) is 0. The molecule has 0 saturated heterocycles. The second-order valence-corrected chi connectivity index (χ2v) is 7.10. The van der Waals surface area contributed by atoms with Crippen molar-refractivity contribution < 1.29 is 18.9 Å². The fourth-order valence-corrected chi connectivity index (χ4v) is 3.70. The monoisotopic (exact) mass is 427 g/mol. The minimum atomic E-state index is 0.666. The van der Waals surface area contributed by atoms with Gasteiger partial charge in [-0.3, -0.25) is 0 Å². The molecule has 0 fully saturated rings. The van der Waals surface area contributed by atoms with Crippen molar-refractivity contribution in [1.82, 2.24) is 4.98 Å². The van der Waals surface area contributed by atoms with Crippen LogP contribution in [0.1, 0.15) is 0 Å². The Balaban J connectivity index is 1.96. The molecule has 3 aromatic carbocycles. The Morgan fingerprint density at radius 3 is 1.47 bits per heavy atom. The highest BCUT2D eigenvalue weighted by Gasteiger charge is 2.15. The first-order valence-corrected chi connectivity index (χ1v) is 10.2. The average Bonchev–Trinajstić information content (AvgIpc) is 2.87. The van der Waals surface area contributed by atoms with Crippen LogP contribution < -0.4 is 18.9 Å². The van der Waals surface area contributed by atoms with Gasteiger partial charge in [-0.05, 0) is 59.7 Å². The van der Waals surface area contributed by atoms with Gasteiger partial charge in [-0.1, -0.05) is 30.3 Å². The summed E-state index contributed by atoms with van der Waals surface area (Å²) in [5.41, 5.74) is 5.40. The SMILES string of the molecule is COc1ccc(-c2cc(-c3ccccc3OC)nc(-c3ccccc3OC)c2)cc1OC. The van der Waals surface area contributed by atoms with E-state index in [0.29, 0.717) is 11.5 Å². The van der Waals surface area contributed by atoms with Gasteiger partial charge in [0.05, 0.1) is 39.8 Å². The van der Waals surface area contributed by atoms with Crippen molar-refractivity contribution in [3.05, 3.63) is 78.9 Å². The molecule has 0 amide bonds. The van der Waals surface area contributed by atoms with Gasteiger partial charge in [0.1, 0.15) is 11.5 Å². The molecule has 5 heteroatoms. The van der Waals surface area contributed by atoms with E-state index in [1.165, 1.54) is 0 Å². The van der Waals surface area contributed by atoms with Gasteiger partial charge in [0, 0.05) is 11.1 Å². The van der Waals surface area contributed by atoms with Crippen LogP contribution in [0.15, 0.2) is 78.9 Å². The van der Waals surface area contributed by atoms with Gasteiger partial charge < -0.3 is 18.9 Å². The van der Waals surface area contributed by atoms with E-state index in [0.717, 1.165) is 45.1 Å². The number of ether oxygens (including phenoxy) is 4. The summed E-state index contributed by atoms with van der Waals surface area (Å²) in [5, 5.41) is 0. The van der Waals surface area contributed by atoms with Gasteiger partial charge in [-0.25, -0.2) is 4.98 Å². The molecule has 4 aromatic rings. The Labute approximate surface area is 188 Å². The zero-order valence-corrected chi connectivity index (χ0v) is 18.6. The summed E-state index contributed by atoms with van der Waals surface area (Å²) in [4.78, 5) is 4.98. The van der Waals surface area contributed by atoms with Crippen molar-refractivity contribution >= 4 is 0 Å². The predicted molar refractivity (Wildman–Crippen MR) is 127 cm³/mol.